The summed E-state index contributed by atoms with van der Waals surface area (Å²) >= 11 is 0. The van der Waals surface area contributed by atoms with Crippen LogP contribution in [0.15, 0.2) is 18.2 Å². The molecular formula is C13H16N2O2. The summed E-state index contributed by atoms with van der Waals surface area (Å²) < 4.78 is 11.0. The Morgan fingerprint density at radius 1 is 1.41 bits per heavy atom. The summed E-state index contributed by atoms with van der Waals surface area (Å²) in [5, 5.41) is 8.81. The molecule has 0 unspecified atom stereocenters. The standard InChI is InChI=1S/C13H16N2O2/c14-8-11-1-2-12(15)13(7-11)17-9-10-3-5-16-6-4-10/h1-2,7,10H,3-6,9,15H2. The molecule has 1 saturated heterocycles. The zero-order chi connectivity index (χ0) is 12.1. The molecule has 1 fully saturated rings. The Morgan fingerprint density at radius 2 is 2.18 bits per heavy atom. The molecule has 90 valence electrons. The Labute approximate surface area is 101 Å². The van der Waals surface area contributed by atoms with E-state index in [0.29, 0.717) is 29.5 Å². The molecule has 4 nitrogen and oxygen atoms in total. The average molecular weight is 232 g/mol. The Hall–Kier alpha value is -1.73. The molecule has 0 radical (unpaired) electrons. The topological polar surface area (TPSA) is 68.3 Å². The molecule has 0 amide bonds. The van der Waals surface area contributed by atoms with E-state index >= 15 is 0 Å². The molecule has 1 aromatic carbocycles. The number of hydrogen-bond acceptors (Lipinski definition) is 4. The van der Waals surface area contributed by atoms with Gasteiger partial charge in [-0.25, -0.2) is 0 Å². The highest BCUT2D eigenvalue weighted by atomic mass is 16.5. The minimum Gasteiger partial charge on any atom is -0.491 e. The number of ether oxygens (including phenoxy) is 2. The largest absolute Gasteiger partial charge is 0.491 e. The van der Waals surface area contributed by atoms with E-state index in [9.17, 15) is 0 Å². The molecule has 2 rings (SSSR count). The van der Waals surface area contributed by atoms with E-state index in [1.807, 2.05) is 0 Å². The fraction of sp³-hybridized carbons (Fsp3) is 0.462. The molecule has 0 atom stereocenters. The third-order valence-corrected chi connectivity index (χ3v) is 2.96. The number of rotatable bonds is 3. The van der Waals surface area contributed by atoms with Crippen LogP contribution in [0.2, 0.25) is 0 Å². The van der Waals surface area contributed by atoms with Gasteiger partial charge in [0.25, 0.3) is 0 Å². The van der Waals surface area contributed by atoms with Crippen molar-refractivity contribution in [2.75, 3.05) is 25.6 Å². The van der Waals surface area contributed by atoms with Crippen molar-refractivity contribution in [3.63, 3.8) is 0 Å². The van der Waals surface area contributed by atoms with Crippen molar-refractivity contribution >= 4 is 5.69 Å². The Morgan fingerprint density at radius 3 is 2.88 bits per heavy atom. The van der Waals surface area contributed by atoms with Gasteiger partial charge in [0.15, 0.2) is 0 Å². The number of nitriles is 1. The first-order valence-electron chi connectivity index (χ1n) is 5.80. The Balaban J connectivity index is 1.95. The molecule has 1 aliphatic rings. The number of anilines is 1. The lowest BCUT2D eigenvalue weighted by molar-refractivity contribution is 0.0499. The number of hydrogen-bond donors (Lipinski definition) is 1. The summed E-state index contributed by atoms with van der Waals surface area (Å²) in [7, 11) is 0. The van der Waals surface area contributed by atoms with Crippen LogP contribution in [0.25, 0.3) is 0 Å². The van der Waals surface area contributed by atoms with Crippen LogP contribution in [-0.2, 0) is 4.74 Å². The third kappa shape index (κ3) is 3.11. The lowest BCUT2D eigenvalue weighted by atomic mass is 10.0. The lowest BCUT2D eigenvalue weighted by Crippen LogP contribution is -2.21. The number of benzene rings is 1. The lowest BCUT2D eigenvalue weighted by Gasteiger charge is -2.22. The number of nitrogens with two attached hydrogens (primary N) is 1. The van der Waals surface area contributed by atoms with Gasteiger partial charge in [-0.15, -0.1) is 0 Å². The molecule has 0 spiro atoms. The van der Waals surface area contributed by atoms with Gasteiger partial charge in [0.05, 0.1) is 23.9 Å². The van der Waals surface area contributed by atoms with Gasteiger partial charge in [-0.1, -0.05) is 0 Å². The normalized spacial score (nSPS) is 16.4. The molecule has 17 heavy (non-hydrogen) atoms. The van der Waals surface area contributed by atoms with E-state index in [-0.39, 0.29) is 0 Å². The number of nitrogen functional groups attached to an aromatic ring is 1. The minimum atomic E-state index is 0.522. The summed E-state index contributed by atoms with van der Waals surface area (Å²) in [4.78, 5) is 0. The molecule has 0 saturated carbocycles. The maximum absolute atomic E-state index is 8.81. The predicted octanol–water partition coefficient (Wildman–Crippen LogP) is 1.95. The van der Waals surface area contributed by atoms with E-state index in [0.717, 1.165) is 26.1 Å². The second-order valence-electron chi connectivity index (χ2n) is 4.23. The molecular weight excluding hydrogens is 216 g/mol. The van der Waals surface area contributed by atoms with Gasteiger partial charge in [-0.2, -0.15) is 5.26 Å². The van der Waals surface area contributed by atoms with Crippen molar-refractivity contribution < 1.29 is 9.47 Å². The van der Waals surface area contributed by atoms with E-state index < -0.39 is 0 Å². The van der Waals surface area contributed by atoms with Gasteiger partial charge in [-0.05, 0) is 30.9 Å². The molecule has 1 aliphatic heterocycles. The molecule has 0 bridgehead atoms. The summed E-state index contributed by atoms with van der Waals surface area (Å²) in [6, 6.07) is 7.16. The minimum absolute atomic E-state index is 0.522. The molecule has 0 aromatic heterocycles. The first-order chi connectivity index (χ1) is 8.29. The fourth-order valence-electron chi connectivity index (χ4n) is 1.85. The SMILES string of the molecule is N#Cc1ccc(N)c(OCC2CCOCC2)c1. The van der Waals surface area contributed by atoms with Gasteiger partial charge in [0.1, 0.15) is 5.75 Å². The first kappa shape index (κ1) is 11.7. The third-order valence-electron chi connectivity index (χ3n) is 2.96. The summed E-state index contributed by atoms with van der Waals surface area (Å²) in [5.41, 5.74) is 6.95. The van der Waals surface area contributed by atoms with Gasteiger partial charge < -0.3 is 15.2 Å². The van der Waals surface area contributed by atoms with E-state index in [1.165, 1.54) is 0 Å². The van der Waals surface area contributed by atoms with E-state index in [4.69, 9.17) is 20.5 Å². The van der Waals surface area contributed by atoms with Crippen LogP contribution >= 0.6 is 0 Å². The second-order valence-corrected chi connectivity index (χ2v) is 4.23. The fourth-order valence-corrected chi connectivity index (χ4v) is 1.85. The zero-order valence-corrected chi connectivity index (χ0v) is 9.69. The van der Waals surface area contributed by atoms with Crippen molar-refractivity contribution in [3.05, 3.63) is 23.8 Å². The predicted molar refractivity (Wildman–Crippen MR) is 64.6 cm³/mol. The van der Waals surface area contributed by atoms with Crippen LogP contribution in [-0.4, -0.2) is 19.8 Å². The zero-order valence-electron chi connectivity index (χ0n) is 9.69. The van der Waals surface area contributed by atoms with Crippen LogP contribution < -0.4 is 10.5 Å². The van der Waals surface area contributed by atoms with Crippen molar-refractivity contribution in [1.82, 2.24) is 0 Å². The molecule has 0 aliphatic carbocycles. The monoisotopic (exact) mass is 232 g/mol. The molecule has 1 heterocycles. The van der Waals surface area contributed by atoms with E-state index in [1.54, 1.807) is 18.2 Å². The van der Waals surface area contributed by atoms with Crippen molar-refractivity contribution in [1.29, 1.82) is 5.26 Å². The highest BCUT2D eigenvalue weighted by molar-refractivity contribution is 5.56. The van der Waals surface area contributed by atoms with Crippen LogP contribution in [0.5, 0.6) is 5.75 Å². The van der Waals surface area contributed by atoms with Crippen LogP contribution in [0.4, 0.5) is 5.69 Å². The maximum atomic E-state index is 8.81. The number of nitrogens with zero attached hydrogens (tertiary/aromatic N) is 1. The summed E-state index contributed by atoms with van der Waals surface area (Å²) in [6.45, 7) is 2.26. The quantitative estimate of drug-likeness (QED) is 0.809. The smallest absolute Gasteiger partial charge is 0.143 e. The first-order valence-corrected chi connectivity index (χ1v) is 5.80. The van der Waals surface area contributed by atoms with Crippen LogP contribution in [0, 0.1) is 17.2 Å². The average Bonchev–Trinajstić information content (AvgIpc) is 2.39. The van der Waals surface area contributed by atoms with Crippen molar-refractivity contribution in [3.8, 4) is 11.8 Å². The highest BCUT2D eigenvalue weighted by Crippen LogP contribution is 2.24. The van der Waals surface area contributed by atoms with Gasteiger partial charge in [0.2, 0.25) is 0 Å². The maximum Gasteiger partial charge on any atom is 0.143 e. The van der Waals surface area contributed by atoms with Gasteiger partial charge in [-0.3, -0.25) is 0 Å². The van der Waals surface area contributed by atoms with Gasteiger partial charge >= 0.3 is 0 Å². The van der Waals surface area contributed by atoms with Crippen LogP contribution in [0.1, 0.15) is 18.4 Å². The molecule has 2 N–H and O–H groups in total. The summed E-state index contributed by atoms with van der Waals surface area (Å²) in [6.07, 6.45) is 2.05. The Kier molecular flexibility index (Phi) is 3.84. The molecule has 1 aromatic rings. The van der Waals surface area contributed by atoms with Crippen molar-refractivity contribution in [2.45, 2.75) is 12.8 Å². The highest BCUT2D eigenvalue weighted by Gasteiger charge is 2.15. The Bertz CT molecular complexity index is 420. The second kappa shape index (κ2) is 5.55. The van der Waals surface area contributed by atoms with Crippen molar-refractivity contribution in [2.24, 2.45) is 5.92 Å². The summed E-state index contributed by atoms with van der Waals surface area (Å²) in [5.74, 6) is 1.13. The van der Waals surface area contributed by atoms with Crippen LogP contribution in [0.3, 0.4) is 0 Å². The van der Waals surface area contributed by atoms with Gasteiger partial charge in [0, 0.05) is 19.3 Å². The van der Waals surface area contributed by atoms with E-state index in [2.05, 4.69) is 6.07 Å². The molecule has 4 heteroatoms.